The summed E-state index contributed by atoms with van der Waals surface area (Å²) in [4.78, 5) is 2.69. The summed E-state index contributed by atoms with van der Waals surface area (Å²) in [5.41, 5.74) is 1.24. The summed E-state index contributed by atoms with van der Waals surface area (Å²) < 4.78 is 2.24. The van der Waals surface area contributed by atoms with Gasteiger partial charge in [0, 0.05) is 30.3 Å². The Morgan fingerprint density at radius 3 is 2.67 bits per heavy atom. The number of thiophene rings is 1. The van der Waals surface area contributed by atoms with Crippen LogP contribution in [0.15, 0.2) is 39.3 Å². The maximum atomic E-state index is 3.62. The van der Waals surface area contributed by atoms with Crippen molar-refractivity contribution in [3.05, 3.63) is 44.2 Å². The SMILES string of the molecule is CCC(NC)c1ccc(-c2cc(Br)ccc2Br)s1. The third-order valence-corrected chi connectivity index (χ3v) is 5.34. The number of rotatable bonds is 4. The van der Waals surface area contributed by atoms with Crippen LogP contribution < -0.4 is 5.32 Å². The maximum Gasteiger partial charge on any atom is 0.0409 e. The van der Waals surface area contributed by atoms with Gasteiger partial charge in [-0.25, -0.2) is 0 Å². The van der Waals surface area contributed by atoms with Gasteiger partial charge >= 0.3 is 0 Å². The fourth-order valence-corrected chi connectivity index (χ4v) is 4.10. The van der Waals surface area contributed by atoms with Gasteiger partial charge in [0.25, 0.3) is 0 Å². The molecule has 1 nitrogen and oxygen atoms in total. The van der Waals surface area contributed by atoms with E-state index in [-0.39, 0.29) is 0 Å². The molecule has 1 aromatic heterocycles. The van der Waals surface area contributed by atoms with Crippen molar-refractivity contribution in [3.63, 3.8) is 0 Å². The first kappa shape index (κ1) is 14.3. The Bertz CT molecular complexity index is 532. The van der Waals surface area contributed by atoms with Crippen LogP contribution in [0.25, 0.3) is 10.4 Å². The Morgan fingerprint density at radius 2 is 2.00 bits per heavy atom. The molecule has 0 spiro atoms. The minimum absolute atomic E-state index is 0.453. The molecule has 18 heavy (non-hydrogen) atoms. The highest BCUT2D eigenvalue weighted by Gasteiger charge is 2.12. The van der Waals surface area contributed by atoms with E-state index >= 15 is 0 Å². The van der Waals surface area contributed by atoms with Gasteiger partial charge in [0.15, 0.2) is 0 Å². The van der Waals surface area contributed by atoms with E-state index in [0.717, 1.165) is 15.4 Å². The molecule has 0 radical (unpaired) electrons. The zero-order valence-corrected chi connectivity index (χ0v) is 14.3. The normalized spacial score (nSPS) is 12.7. The molecule has 2 rings (SSSR count). The summed E-state index contributed by atoms with van der Waals surface area (Å²) >= 11 is 9.00. The number of benzene rings is 1. The quantitative estimate of drug-likeness (QED) is 0.717. The summed E-state index contributed by atoms with van der Waals surface area (Å²) in [7, 11) is 2.02. The predicted molar refractivity (Wildman–Crippen MR) is 87.2 cm³/mol. The first-order chi connectivity index (χ1) is 8.65. The van der Waals surface area contributed by atoms with Crippen molar-refractivity contribution in [2.75, 3.05) is 7.05 Å². The topological polar surface area (TPSA) is 12.0 Å². The Hall–Kier alpha value is -0.160. The lowest BCUT2D eigenvalue weighted by molar-refractivity contribution is 0.586. The largest absolute Gasteiger partial charge is 0.312 e. The standard InChI is InChI=1S/C14H15Br2NS/c1-3-12(17-2)14-7-6-13(18-14)10-8-9(15)4-5-11(10)16/h4-8,12,17H,3H2,1-2H3. The molecule has 0 fully saturated rings. The van der Waals surface area contributed by atoms with Gasteiger partial charge in [0.1, 0.15) is 0 Å². The minimum Gasteiger partial charge on any atom is -0.312 e. The van der Waals surface area contributed by atoms with Crippen LogP contribution in [0.4, 0.5) is 0 Å². The Morgan fingerprint density at radius 1 is 1.22 bits per heavy atom. The van der Waals surface area contributed by atoms with E-state index in [4.69, 9.17) is 0 Å². The summed E-state index contributed by atoms with van der Waals surface area (Å²) in [5.74, 6) is 0. The number of nitrogens with one attached hydrogen (secondary N) is 1. The lowest BCUT2D eigenvalue weighted by atomic mass is 10.1. The molecule has 0 bridgehead atoms. The molecule has 0 amide bonds. The van der Waals surface area contributed by atoms with Gasteiger partial charge in [-0.2, -0.15) is 0 Å². The fourth-order valence-electron chi connectivity index (χ4n) is 1.92. The zero-order valence-electron chi connectivity index (χ0n) is 10.3. The molecule has 1 N–H and O–H groups in total. The van der Waals surface area contributed by atoms with Gasteiger partial charge in [0.05, 0.1) is 0 Å². The molecular weight excluding hydrogens is 374 g/mol. The lowest BCUT2D eigenvalue weighted by Crippen LogP contribution is -2.13. The second kappa shape index (κ2) is 6.33. The van der Waals surface area contributed by atoms with Crippen LogP contribution >= 0.6 is 43.2 Å². The van der Waals surface area contributed by atoms with Gasteiger partial charge < -0.3 is 5.32 Å². The van der Waals surface area contributed by atoms with E-state index in [1.165, 1.54) is 15.3 Å². The predicted octanol–water partition coefficient (Wildman–Crippen LogP) is 5.61. The van der Waals surface area contributed by atoms with Gasteiger partial charge in [-0.15, -0.1) is 11.3 Å². The van der Waals surface area contributed by atoms with E-state index in [0.29, 0.717) is 6.04 Å². The van der Waals surface area contributed by atoms with Crippen molar-refractivity contribution >= 4 is 43.2 Å². The van der Waals surface area contributed by atoms with Crippen LogP contribution in [0.3, 0.4) is 0 Å². The van der Waals surface area contributed by atoms with E-state index in [1.807, 2.05) is 24.5 Å². The number of hydrogen-bond donors (Lipinski definition) is 1. The molecule has 1 unspecified atom stereocenters. The maximum absolute atomic E-state index is 3.62. The van der Waals surface area contributed by atoms with Crippen molar-refractivity contribution in [2.24, 2.45) is 0 Å². The first-order valence-electron chi connectivity index (χ1n) is 5.88. The van der Waals surface area contributed by atoms with E-state index in [1.54, 1.807) is 0 Å². The van der Waals surface area contributed by atoms with Crippen LogP contribution in [0.2, 0.25) is 0 Å². The molecule has 0 saturated carbocycles. The van der Waals surface area contributed by atoms with Gasteiger partial charge in [-0.05, 0) is 43.8 Å². The molecule has 1 aromatic carbocycles. The van der Waals surface area contributed by atoms with Gasteiger partial charge in [0.2, 0.25) is 0 Å². The monoisotopic (exact) mass is 387 g/mol. The van der Waals surface area contributed by atoms with Crippen molar-refractivity contribution in [1.29, 1.82) is 0 Å². The first-order valence-corrected chi connectivity index (χ1v) is 8.28. The van der Waals surface area contributed by atoms with E-state index in [9.17, 15) is 0 Å². The highest BCUT2D eigenvalue weighted by molar-refractivity contribution is 9.11. The average molecular weight is 389 g/mol. The van der Waals surface area contributed by atoms with Crippen LogP contribution in [-0.4, -0.2) is 7.05 Å². The van der Waals surface area contributed by atoms with E-state index in [2.05, 4.69) is 68.4 Å². The number of halogens is 2. The Balaban J connectivity index is 2.37. The third-order valence-electron chi connectivity index (χ3n) is 2.92. The summed E-state index contributed by atoms with van der Waals surface area (Å²) in [6, 6.07) is 11.2. The van der Waals surface area contributed by atoms with Crippen molar-refractivity contribution < 1.29 is 0 Å². The summed E-state index contributed by atoms with van der Waals surface area (Å²) in [6.45, 7) is 2.20. The molecule has 96 valence electrons. The molecule has 1 heterocycles. The smallest absolute Gasteiger partial charge is 0.0409 e. The molecule has 4 heteroatoms. The minimum atomic E-state index is 0.453. The lowest BCUT2D eigenvalue weighted by Gasteiger charge is -2.10. The third kappa shape index (κ3) is 3.05. The van der Waals surface area contributed by atoms with Crippen LogP contribution in [-0.2, 0) is 0 Å². The second-order valence-corrected chi connectivity index (χ2v) is 6.96. The molecule has 2 aromatic rings. The van der Waals surface area contributed by atoms with E-state index < -0.39 is 0 Å². The van der Waals surface area contributed by atoms with Crippen molar-refractivity contribution in [2.45, 2.75) is 19.4 Å². The Kier molecular flexibility index (Phi) is 5.01. The average Bonchev–Trinajstić information content (AvgIpc) is 2.83. The van der Waals surface area contributed by atoms with Crippen LogP contribution in [0.1, 0.15) is 24.3 Å². The molecule has 0 aliphatic carbocycles. The molecule has 0 aliphatic heterocycles. The highest BCUT2D eigenvalue weighted by Crippen LogP contribution is 2.37. The highest BCUT2D eigenvalue weighted by atomic mass is 79.9. The number of hydrogen-bond acceptors (Lipinski definition) is 2. The van der Waals surface area contributed by atoms with Crippen molar-refractivity contribution in [1.82, 2.24) is 5.32 Å². The van der Waals surface area contributed by atoms with Crippen LogP contribution in [0, 0.1) is 0 Å². The molecule has 0 saturated heterocycles. The molecule has 1 atom stereocenters. The zero-order chi connectivity index (χ0) is 13.1. The second-order valence-electron chi connectivity index (χ2n) is 4.08. The fraction of sp³-hybridized carbons (Fsp3) is 0.286. The summed E-state index contributed by atoms with van der Waals surface area (Å²) in [6.07, 6.45) is 1.11. The molecular formula is C14H15Br2NS. The molecule has 0 aliphatic rings. The van der Waals surface area contributed by atoms with Gasteiger partial charge in [-0.3, -0.25) is 0 Å². The van der Waals surface area contributed by atoms with Gasteiger partial charge in [-0.1, -0.05) is 38.8 Å². The van der Waals surface area contributed by atoms with Crippen molar-refractivity contribution in [3.8, 4) is 10.4 Å². The van der Waals surface area contributed by atoms with Crippen LogP contribution in [0.5, 0.6) is 0 Å². The Labute approximate surface area is 129 Å². The summed E-state index contributed by atoms with van der Waals surface area (Å²) in [5, 5.41) is 3.35.